The largest absolute Gasteiger partial charge is 0.357 e. The third kappa shape index (κ3) is 4.90. The second-order valence-electron chi connectivity index (χ2n) is 7.80. The van der Waals surface area contributed by atoms with Crippen LogP contribution in [-0.4, -0.2) is 50.4 Å². The van der Waals surface area contributed by atoms with Gasteiger partial charge in [-0.1, -0.05) is 23.5 Å². The Morgan fingerprint density at radius 1 is 1.09 bits per heavy atom. The average Bonchev–Trinajstić information content (AvgIpc) is 3.32. The van der Waals surface area contributed by atoms with Gasteiger partial charge in [-0.3, -0.25) is 10.1 Å². The summed E-state index contributed by atoms with van der Waals surface area (Å²) in [6.45, 7) is 4.26. The Labute approximate surface area is 192 Å². The number of urea groups is 1. The lowest BCUT2D eigenvalue weighted by Crippen LogP contribution is -2.46. The molecule has 0 spiro atoms. The van der Waals surface area contributed by atoms with Gasteiger partial charge < -0.3 is 15.5 Å². The summed E-state index contributed by atoms with van der Waals surface area (Å²) in [6, 6.07) is 5.63. The number of carbonyl (C=O) groups excluding carboxylic acids is 2. The van der Waals surface area contributed by atoms with E-state index < -0.39 is 17.4 Å². The zero-order valence-electron chi connectivity index (χ0n) is 17.9. The molecule has 0 atom stereocenters. The standard InChI is InChI=1S/C21H21F2N7O2S/c1-21(2)17(31)29-20(32)30(21)8-7-24-18-25-10-14(23)16(28-18)15-11-27-19(33-15)26-9-12-3-5-13(22)6-4-12/h3-6,10-11H,7-9H2,1-2H3,(H,26,27)(H,24,25,28)(H,29,31,32). The summed E-state index contributed by atoms with van der Waals surface area (Å²) in [5.41, 5.74) is 0.0201. The molecule has 3 aromatic rings. The van der Waals surface area contributed by atoms with E-state index in [1.54, 1.807) is 26.0 Å². The molecule has 12 heteroatoms. The summed E-state index contributed by atoms with van der Waals surface area (Å²) < 4.78 is 27.4. The van der Waals surface area contributed by atoms with Crippen molar-refractivity contribution in [2.24, 2.45) is 0 Å². The van der Waals surface area contributed by atoms with Crippen molar-refractivity contribution in [3.8, 4) is 10.6 Å². The number of rotatable bonds is 8. The molecule has 172 valence electrons. The molecule has 1 saturated heterocycles. The molecule has 3 amide bonds. The Kier molecular flexibility index (Phi) is 6.18. The van der Waals surface area contributed by atoms with E-state index in [2.05, 4.69) is 30.9 Å². The van der Waals surface area contributed by atoms with E-state index in [0.717, 1.165) is 11.8 Å². The minimum absolute atomic E-state index is 0.0919. The lowest BCUT2D eigenvalue weighted by Gasteiger charge is -2.27. The Morgan fingerprint density at radius 3 is 2.55 bits per heavy atom. The molecule has 1 aliphatic rings. The summed E-state index contributed by atoms with van der Waals surface area (Å²) in [7, 11) is 0. The Balaban J connectivity index is 1.39. The third-order valence-electron chi connectivity index (χ3n) is 5.15. The second kappa shape index (κ2) is 9.06. The van der Waals surface area contributed by atoms with Crippen molar-refractivity contribution < 1.29 is 18.4 Å². The minimum Gasteiger partial charge on any atom is -0.357 e. The summed E-state index contributed by atoms with van der Waals surface area (Å²) in [4.78, 5) is 38.1. The maximum atomic E-state index is 14.4. The van der Waals surface area contributed by atoms with Crippen LogP contribution < -0.4 is 16.0 Å². The highest BCUT2D eigenvalue weighted by atomic mass is 32.1. The van der Waals surface area contributed by atoms with Crippen molar-refractivity contribution in [1.82, 2.24) is 25.2 Å². The molecule has 1 fully saturated rings. The van der Waals surface area contributed by atoms with Crippen LogP contribution in [0, 0.1) is 11.6 Å². The van der Waals surface area contributed by atoms with Gasteiger partial charge in [0.05, 0.1) is 11.1 Å². The van der Waals surface area contributed by atoms with Gasteiger partial charge in [-0.2, -0.15) is 0 Å². The predicted octanol–water partition coefficient (Wildman–Crippen LogP) is 3.23. The molecule has 1 aromatic carbocycles. The Hall–Kier alpha value is -3.67. The van der Waals surface area contributed by atoms with E-state index in [1.165, 1.54) is 34.6 Å². The number of amides is 3. The fourth-order valence-corrected chi connectivity index (χ4v) is 4.03. The quantitative estimate of drug-likeness (QED) is 0.431. The van der Waals surface area contributed by atoms with Gasteiger partial charge in [0, 0.05) is 25.8 Å². The molecule has 3 N–H and O–H groups in total. The first-order chi connectivity index (χ1) is 15.7. The Morgan fingerprint density at radius 2 is 1.85 bits per heavy atom. The van der Waals surface area contributed by atoms with Crippen molar-refractivity contribution in [2.75, 3.05) is 23.7 Å². The van der Waals surface area contributed by atoms with Crippen LogP contribution in [0.5, 0.6) is 0 Å². The molecule has 33 heavy (non-hydrogen) atoms. The Bertz CT molecular complexity index is 1180. The van der Waals surface area contributed by atoms with E-state index in [-0.39, 0.29) is 36.5 Å². The molecule has 2 aromatic heterocycles. The molecule has 0 bridgehead atoms. The number of benzene rings is 1. The van der Waals surface area contributed by atoms with Gasteiger partial charge in [-0.05, 0) is 31.5 Å². The highest BCUT2D eigenvalue weighted by Crippen LogP contribution is 2.30. The smallest absolute Gasteiger partial charge is 0.325 e. The molecular formula is C21H21F2N7O2S. The van der Waals surface area contributed by atoms with Crippen LogP contribution >= 0.6 is 11.3 Å². The number of hydrogen-bond donors (Lipinski definition) is 3. The highest BCUT2D eigenvalue weighted by molar-refractivity contribution is 7.18. The zero-order chi connectivity index (χ0) is 23.6. The van der Waals surface area contributed by atoms with Crippen molar-refractivity contribution in [2.45, 2.75) is 25.9 Å². The SMILES string of the molecule is CC1(C)C(=O)NC(=O)N1CCNc1ncc(F)c(-c2cnc(NCc3ccc(F)cc3)s2)n1. The van der Waals surface area contributed by atoms with Crippen LogP contribution in [0.2, 0.25) is 0 Å². The number of nitrogens with zero attached hydrogens (tertiary/aromatic N) is 4. The van der Waals surface area contributed by atoms with E-state index >= 15 is 0 Å². The highest BCUT2D eigenvalue weighted by Gasteiger charge is 2.45. The van der Waals surface area contributed by atoms with Crippen LogP contribution in [0.4, 0.5) is 24.7 Å². The van der Waals surface area contributed by atoms with E-state index in [9.17, 15) is 18.4 Å². The van der Waals surface area contributed by atoms with Crippen LogP contribution in [-0.2, 0) is 11.3 Å². The summed E-state index contributed by atoms with van der Waals surface area (Å²) in [6.07, 6.45) is 2.57. The van der Waals surface area contributed by atoms with Crippen molar-refractivity contribution in [1.29, 1.82) is 0 Å². The summed E-state index contributed by atoms with van der Waals surface area (Å²) in [5, 5.41) is 8.92. The first-order valence-corrected chi connectivity index (χ1v) is 10.9. The molecule has 4 rings (SSSR count). The molecular weight excluding hydrogens is 452 g/mol. The maximum Gasteiger partial charge on any atom is 0.325 e. The molecule has 9 nitrogen and oxygen atoms in total. The number of aromatic nitrogens is 3. The summed E-state index contributed by atoms with van der Waals surface area (Å²) in [5.74, 6) is -1.08. The van der Waals surface area contributed by atoms with Crippen molar-refractivity contribution in [3.63, 3.8) is 0 Å². The van der Waals surface area contributed by atoms with Crippen LogP contribution in [0.25, 0.3) is 10.6 Å². The van der Waals surface area contributed by atoms with Gasteiger partial charge in [-0.15, -0.1) is 0 Å². The van der Waals surface area contributed by atoms with Gasteiger partial charge in [0.1, 0.15) is 17.1 Å². The van der Waals surface area contributed by atoms with Crippen molar-refractivity contribution >= 4 is 34.4 Å². The summed E-state index contributed by atoms with van der Waals surface area (Å²) >= 11 is 1.22. The topological polar surface area (TPSA) is 112 Å². The number of carbonyl (C=O) groups is 2. The van der Waals surface area contributed by atoms with Crippen LogP contribution in [0.15, 0.2) is 36.7 Å². The number of nitrogens with one attached hydrogen (secondary N) is 3. The number of imide groups is 1. The van der Waals surface area contributed by atoms with Crippen LogP contribution in [0.3, 0.4) is 0 Å². The van der Waals surface area contributed by atoms with Gasteiger partial charge in [-0.25, -0.2) is 28.5 Å². The molecule has 0 saturated carbocycles. The van der Waals surface area contributed by atoms with E-state index in [0.29, 0.717) is 16.6 Å². The fraction of sp³-hybridized carbons (Fsp3) is 0.286. The minimum atomic E-state index is -0.951. The second-order valence-corrected chi connectivity index (χ2v) is 8.83. The lowest BCUT2D eigenvalue weighted by atomic mass is 10.0. The van der Waals surface area contributed by atoms with Gasteiger partial charge in [0.25, 0.3) is 5.91 Å². The maximum absolute atomic E-state index is 14.4. The fourth-order valence-electron chi connectivity index (χ4n) is 3.22. The number of hydrogen-bond acceptors (Lipinski definition) is 8. The average molecular weight is 474 g/mol. The van der Waals surface area contributed by atoms with Crippen LogP contribution in [0.1, 0.15) is 19.4 Å². The number of thiazole rings is 1. The normalized spacial score (nSPS) is 15.0. The first kappa shape index (κ1) is 22.5. The molecule has 0 unspecified atom stereocenters. The first-order valence-electron chi connectivity index (χ1n) is 10.1. The number of anilines is 2. The molecule has 3 heterocycles. The van der Waals surface area contributed by atoms with Gasteiger partial charge in [0.15, 0.2) is 10.9 Å². The molecule has 1 aliphatic heterocycles. The van der Waals surface area contributed by atoms with E-state index in [1.807, 2.05) is 0 Å². The lowest BCUT2D eigenvalue weighted by molar-refractivity contribution is -0.125. The van der Waals surface area contributed by atoms with Crippen molar-refractivity contribution in [3.05, 3.63) is 53.9 Å². The number of halogens is 2. The van der Waals surface area contributed by atoms with Gasteiger partial charge in [0.2, 0.25) is 5.95 Å². The zero-order valence-corrected chi connectivity index (χ0v) is 18.7. The third-order valence-corrected chi connectivity index (χ3v) is 6.12. The van der Waals surface area contributed by atoms with Gasteiger partial charge >= 0.3 is 6.03 Å². The van der Waals surface area contributed by atoms with E-state index in [4.69, 9.17) is 0 Å². The molecule has 0 radical (unpaired) electrons. The predicted molar refractivity (Wildman–Crippen MR) is 120 cm³/mol. The monoisotopic (exact) mass is 473 g/mol. The molecule has 0 aliphatic carbocycles.